The summed E-state index contributed by atoms with van der Waals surface area (Å²) < 4.78 is 5.24. The summed E-state index contributed by atoms with van der Waals surface area (Å²) in [7, 11) is 1.59. The SMILES string of the molecule is COc1ccc(Nc2nc(NN/C=C3/C=CC=C([N+](=O)[O-])C3=O)nc(N(c3ccccc3)c3ccccc3)n2)cc1. The third kappa shape index (κ3) is 6.34. The molecule has 41 heavy (non-hydrogen) atoms. The maximum atomic E-state index is 12.4. The lowest BCUT2D eigenvalue weighted by Crippen LogP contribution is -2.23. The number of ketones is 1. The van der Waals surface area contributed by atoms with E-state index in [0.29, 0.717) is 17.4 Å². The predicted molar refractivity (Wildman–Crippen MR) is 155 cm³/mol. The molecule has 0 unspecified atom stereocenters. The van der Waals surface area contributed by atoms with Crippen LogP contribution in [0.3, 0.4) is 0 Å². The molecule has 204 valence electrons. The highest BCUT2D eigenvalue weighted by molar-refractivity contribution is 6.09. The first-order valence-electron chi connectivity index (χ1n) is 12.4. The molecular weight excluding hydrogens is 524 g/mol. The summed E-state index contributed by atoms with van der Waals surface area (Å²) >= 11 is 0. The number of nitro groups is 1. The maximum Gasteiger partial charge on any atom is 0.316 e. The van der Waals surface area contributed by atoms with E-state index in [1.165, 1.54) is 18.4 Å². The Hall–Kier alpha value is -6.04. The van der Waals surface area contributed by atoms with Crippen molar-refractivity contribution in [3.05, 3.63) is 131 Å². The van der Waals surface area contributed by atoms with E-state index in [1.54, 1.807) is 19.2 Å². The van der Waals surface area contributed by atoms with Crippen molar-refractivity contribution in [2.75, 3.05) is 22.8 Å². The molecule has 1 aliphatic carbocycles. The van der Waals surface area contributed by atoms with Crippen LogP contribution in [-0.4, -0.2) is 32.8 Å². The summed E-state index contributed by atoms with van der Waals surface area (Å²) in [6.07, 6.45) is 5.36. The number of methoxy groups -OCH3 is 1. The first-order chi connectivity index (χ1) is 20.0. The molecule has 12 nitrogen and oxygen atoms in total. The molecule has 5 rings (SSSR count). The van der Waals surface area contributed by atoms with Crippen molar-refractivity contribution in [3.8, 4) is 5.75 Å². The minimum Gasteiger partial charge on any atom is -0.497 e. The molecule has 0 spiro atoms. The van der Waals surface area contributed by atoms with Gasteiger partial charge < -0.3 is 15.5 Å². The van der Waals surface area contributed by atoms with Gasteiger partial charge in [0.25, 0.3) is 5.78 Å². The molecular formula is C29H24N8O4. The number of anilines is 6. The van der Waals surface area contributed by atoms with Crippen LogP contribution in [0.2, 0.25) is 0 Å². The quantitative estimate of drug-likeness (QED) is 0.137. The summed E-state index contributed by atoms with van der Waals surface area (Å²) in [5, 5.41) is 14.3. The van der Waals surface area contributed by atoms with Crippen LogP contribution in [-0.2, 0) is 4.79 Å². The van der Waals surface area contributed by atoms with Gasteiger partial charge >= 0.3 is 5.70 Å². The number of carbonyl (C=O) groups excluding carboxylic acids is 1. The lowest BCUT2D eigenvalue weighted by molar-refractivity contribution is -0.418. The zero-order valence-corrected chi connectivity index (χ0v) is 21.8. The Kier molecular flexibility index (Phi) is 7.91. The lowest BCUT2D eigenvalue weighted by Gasteiger charge is -2.23. The molecule has 4 aromatic rings. The molecule has 3 aromatic carbocycles. The minimum absolute atomic E-state index is 0.0905. The van der Waals surface area contributed by atoms with Gasteiger partial charge in [-0.3, -0.25) is 25.2 Å². The van der Waals surface area contributed by atoms with Gasteiger partial charge in [0.1, 0.15) is 5.75 Å². The molecule has 0 radical (unpaired) electrons. The highest BCUT2D eigenvalue weighted by atomic mass is 16.6. The van der Waals surface area contributed by atoms with Gasteiger partial charge in [-0.1, -0.05) is 42.5 Å². The third-order valence-corrected chi connectivity index (χ3v) is 5.83. The van der Waals surface area contributed by atoms with Crippen LogP contribution in [0.25, 0.3) is 0 Å². The Bertz CT molecular complexity index is 1600. The van der Waals surface area contributed by atoms with Gasteiger partial charge in [0.2, 0.25) is 17.8 Å². The van der Waals surface area contributed by atoms with E-state index < -0.39 is 16.4 Å². The second-order valence-corrected chi connectivity index (χ2v) is 8.51. The monoisotopic (exact) mass is 548 g/mol. The van der Waals surface area contributed by atoms with E-state index in [0.717, 1.165) is 17.5 Å². The van der Waals surface area contributed by atoms with Gasteiger partial charge in [-0.15, -0.1) is 0 Å². The van der Waals surface area contributed by atoms with E-state index in [2.05, 4.69) is 26.1 Å². The predicted octanol–water partition coefficient (Wildman–Crippen LogP) is 5.19. The van der Waals surface area contributed by atoms with Crippen LogP contribution >= 0.6 is 0 Å². The zero-order valence-electron chi connectivity index (χ0n) is 21.8. The number of hydrogen-bond acceptors (Lipinski definition) is 11. The number of para-hydroxylation sites is 2. The number of hydrazine groups is 1. The second kappa shape index (κ2) is 12.2. The number of aromatic nitrogens is 3. The van der Waals surface area contributed by atoms with Crippen LogP contribution in [0.5, 0.6) is 5.75 Å². The summed E-state index contributed by atoms with van der Waals surface area (Å²) in [6.45, 7) is 0. The normalized spacial score (nSPS) is 13.3. The van der Waals surface area contributed by atoms with E-state index in [-0.39, 0.29) is 17.5 Å². The average molecular weight is 549 g/mol. The van der Waals surface area contributed by atoms with Crippen molar-refractivity contribution < 1.29 is 14.5 Å². The Labute approximate surface area is 234 Å². The average Bonchev–Trinajstić information content (AvgIpc) is 2.99. The Morgan fingerprint density at radius 1 is 0.878 bits per heavy atom. The summed E-state index contributed by atoms with van der Waals surface area (Å²) in [5.41, 5.74) is 7.54. The molecule has 0 amide bonds. The van der Waals surface area contributed by atoms with E-state index in [1.807, 2.05) is 77.7 Å². The van der Waals surface area contributed by atoms with Gasteiger partial charge in [0, 0.05) is 34.9 Å². The standard InChI is InChI=1S/C29H24N8O4/c1-41-24-17-15-21(16-18-24)31-27-32-28(35-30-19-20-9-8-14-25(26(20)38)37(39)40)34-29(33-27)36(22-10-4-2-5-11-22)23-12-6-3-7-13-23/h2-19,30H,1H3,(H2,31,32,33,34,35)/b20-19-. The molecule has 0 saturated carbocycles. The fourth-order valence-electron chi connectivity index (χ4n) is 3.89. The van der Waals surface area contributed by atoms with Crippen LogP contribution in [0.1, 0.15) is 0 Å². The number of Topliss-reactive ketones (excluding diaryl/α,β-unsaturated/α-hetero) is 1. The Morgan fingerprint density at radius 2 is 1.51 bits per heavy atom. The van der Waals surface area contributed by atoms with Gasteiger partial charge in [-0.25, -0.2) is 0 Å². The number of benzene rings is 3. The van der Waals surface area contributed by atoms with Crippen LogP contribution in [0.15, 0.2) is 121 Å². The van der Waals surface area contributed by atoms with Crippen LogP contribution in [0.4, 0.5) is 34.9 Å². The Balaban J connectivity index is 1.50. The van der Waals surface area contributed by atoms with Gasteiger partial charge in [0.05, 0.1) is 12.0 Å². The maximum absolute atomic E-state index is 12.4. The molecule has 0 saturated heterocycles. The second-order valence-electron chi connectivity index (χ2n) is 8.51. The molecule has 1 aromatic heterocycles. The van der Waals surface area contributed by atoms with E-state index >= 15 is 0 Å². The van der Waals surface area contributed by atoms with Crippen molar-refractivity contribution in [1.29, 1.82) is 0 Å². The highest BCUT2D eigenvalue weighted by Crippen LogP contribution is 2.33. The fourth-order valence-corrected chi connectivity index (χ4v) is 3.89. The first kappa shape index (κ1) is 26.6. The van der Waals surface area contributed by atoms with E-state index in [4.69, 9.17) is 9.72 Å². The Morgan fingerprint density at radius 3 is 2.12 bits per heavy atom. The summed E-state index contributed by atoms with van der Waals surface area (Å²) in [5.74, 6) is 0.646. The van der Waals surface area contributed by atoms with Crippen LogP contribution in [0, 0.1) is 10.1 Å². The number of nitrogens with one attached hydrogen (secondary N) is 3. The molecule has 12 heteroatoms. The fraction of sp³-hybridized carbons (Fsp3) is 0.0345. The number of carbonyl (C=O) groups is 1. The molecule has 0 atom stereocenters. The molecule has 0 aliphatic heterocycles. The van der Waals surface area contributed by atoms with Gasteiger partial charge in [-0.05, 0) is 54.6 Å². The van der Waals surface area contributed by atoms with Gasteiger partial charge in [-0.2, -0.15) is 15.0 Å². The van der Waals surface area contributed by atoms with Gasteiger partial charge in [0.15, 0.2) is 0 Å². The van der Waals surface area contributed by atoms with Crippen LogP contribution < -0.4 is 25.8 Å². The molecule has 0 bridgehead atoms. The smallest absolute Gasteiger partial charge is 0.316 e. The van der Waals surface area contributed by atoms with Crippen molar-refractivity contribution in [2.24, 2.45) is 0 Å². The highest BCUT2D eigenvalue weighted by Gasteiger charge is 2.26. The van der Waals surface area contributed by atoms with Crippen molar-refractivity contribution in [2.45, 2.75) is 0 Å². The number of hydrogen-bond donors (Lipinski definition) is 3. The number of allylic oxidation sites excluding steroid dienone is 4. The number of rotatable bonds is 10. The lowest BCUT2D eigenvalue weighted by atomic mass is 10.1. The van der Waals surface area contributed by atoms with Crippen molar-refractivity contribution in [3.63, 3.8) is 0 Å². The zero-order chi connectivity index (χ0) is 28.6. The first-order valence-corrected chi connectivity index (χ1v) is 12.4. The topological polar surface area (TPSA) is 147 Å². The third-order valence-electron chi connectivity index (χ3n) is 5.83. The van der Waals surface area contributed by atoms with Crippen molar-refractivity contribution in [1.82, 2.24) is 20.4 Å². The molecule has 0 fully saturated rings. The summed E-state index contributed by atoms with van der Waals surface area (Å²) in [4.78, 5) is 38.5. The van der Waals surface area contributed by atoms with E-state index in [9.17, 15) is 14.9 Å². The molecule has 1 aliphatic rings. The van der Waals surface area contributed by atoms with Crippen molar-refractivity contribution >= 4 is 40.7 Å². The summed E-state index contributed by atoms with van der Waals surface area (Å²) in [6, 6.07) is 26.5. The minimum atomic E-state index is -0.718. The molecule has 1 heterocycles. The number of nitrogens with zero attached hydrogens (tertiary/aromatic N) is 5. The largest absolute Gasteiger partial charge is 0.497 e. The molecule has 3 N–H and O–H groups in total. The number of ether oxygens (including phenoxy) is 1.